The molecule has 1 saturated carbocycles. The first-order valence-corrected chi connectivity index (χ1v) is 6.99. The van der Waals surface area contributed by atoms with Gasteiger partial charge in [0.1, 0.15) is 11.9 Å². The largest absolute Gasteiger partial charge is 0.392 e. The average molecular weight is 314 g/mol. The molecular weight excluding hydrogens is 301 g/mol. The molecule has 2 unspecified atom stereocenters. The molecule has 3 rings (SSSR count). The molecule has 0 amide bonds. The molecule has 118 valence electrons. The van der Waals surface area contributed by atoms with Gasteiger partial charge in [-0.15, -0.1) is 0 Å². The van der Waals surface area contributed by atoms with E-state index in [0.717, 1.165) is 26.2 Å². The van der Waals surface area contributed by atoms with Crippen molar-refractivity contribution in [3.05, 3.63) is 38.7 Å². The zero-order valence-electron chi connectivity index (χ0n) is 11.7. The maximum absolute atomic E-state index is 14.4. The number of rotatable bonds is 2. The Labute approximate surface area is 123 Å². The molecule has 1 aliphatic carbocycles. The van der Waals surface area contributed by atoms with Crippen molar-refractivity contribution in [1.82, 2.24) is 0 Å². The molecule has 0 aromatic heterocycles. The van der Waals surface area contributed by atoms with E-state index in [0.29, 0.717) is 6.42 Å². The number of hydrogen-bond acceptors (Lipinski definition) is 4. The molecule has 22 heavy (non-hydrogen) atoms. The van der Waals surface area contributed by atoms with Crippen LogP contribution in [0.5, 0.6) is 0 Å². The van der Waals surface area contributed by atoms with Crippen LogP contribution in [0.25, 0.3) is 0 Å². The van der Waals surface area contributed by atoms with Crippen molar-refractivity contribution in [2.24, 2.45) is 11.1 Å². The molecule has 2 atom stereocenters. The van der Waals surface area contributed by atoms with Crippen molar-refractivity contribution in [2.75, 3.05) is 0 Å². The van der Waals surface area contributed by atoms with E-state index < -0.39 is 39.2 Å². The third kappa shape index (κ3) is 2.05. The number of oxime groups is 1. The van der Waals surface area contributed by atoms with Crippen LogP contribution in [0.2, 0.25) is 0 Å². The molecule has 0 spiro atoms. The van der Waals surface area contributed by atoms with E-state index in [-0.39, 0.29) is 17.7 Å². The van der Waals surface area contributed by atoms with E-state index in [1.165, 1.54) is 0 Å². The van der Waals surface area contributed by atoms with Gasteiger partial charge in [0, 0.05) is 5.92 Å². The van der Waals surface area contributed by atoms with Gasteiger partial charge in [-0.2, -0.15) is 4.39 Å². The Hall–Kier alpha value is -2.12. The lowest BCUT2D eigenvalue weighted by molar-refractivity contribution is -0.388. The highest BCUT2D eigenvalue weighted by molar-refractivity contribution is 6.04. The lowest BCUT2D eigenvalue weighted by Crippen LogP contribution is -2.29. The van der Waals surface area contributed by atoms with Crippen LogP contribution >= 0.6 is 0 Å². The minimum atomic E-state index is -1.67. The van der Waals surface area contributed by atoms with Crippen LogP contribution in [-0.4, -0.2) is 16.7 Å². The van der Waals surface area contributed by atoms with E-state index >= 15 is 0 Å². The molecule has 2 aliphatic rings. The average Bonchev–Trinajstić information content (AvgIpc) is 2.89. The van der Waals surface area contributed by atoms with E-state index in [4.69, 9.17) is 4.84 Å². The molecule has 5 nitrogen and oxygen atoms in total. The summed E-state index contributed by atoms with van der Waals surface area (Å²) < 4.78 is 42.6. The van der Waals surface area contributed by atoms with Crippen molar-refractivity contribution in [2.45, 2.75) is 38.7 Å². The molecule has 1 aliphatic heterocycles. The summed E-state index contributed by atoms with van der Waals surface area (Å²) in [4.78, 5) is 14.8. The van der Waals surface area contributed by atoms with Crippen molar-refractivity contribution in [3.63, 3.8) is 0 Å². The summed E-state index contributed by atoms with van der Waals surface area (Å²) in [6.45, 7) is 1.05. The van der Waals surface area contributed by atoms with Gasteiger partial charge in [-0.1, -0.05) is 11.6 Å². The lowest BCUT2D eigenvalue weighted by Gasteiger charge is -2.23. The highest BCUT2D eigenvalue weighted by atomic mass is 19.2. The summed E-state index contributed by atoms with van der Waals surface area (Å²) in [7, 11) is 0. The van der Waals surface area contributed by atoms with Crippen LogP contribution < -0.4 is 0 Å². The third-order valence-electron chi connectivity index (χ3n) is 4.30. The minimum Gasteiger partial charge on any atom is -0.392 e. The predicted octanol–water partition coefficient (Wildman–Crippen LogP) is 3.61. The first kappa shape index (κ1) is 14.8. The maximum Gasteiger partial charge on any atom is 0.313 e. The first-order valence-electron chi connectivity index (χ1n) is 6.99. The molecule has 0 radical (unpaired) electrons. The van der Waals surface area contributed by atoms with Gasteiger partial charge in [0.2, 0.25) is 5.82 Å². The third-order valence-corrected chi connectivity index (χ3v) is 4.30. The van der Waals surface area contributed by atoms with Gasteiger partial charge in [0.05, 0.1) is 21.8 Å². The second-order valence-corrected chi connectivity index (χ2v) is 5.56. The summed E-state index contributed by atoms with van der Waals surface area (Å²) in [6, 6.07) is 0. The molecule has 0 N–H and O–H groups in total. The Kier molecular flexibility index (Phi) is 3.54. The Bertz CT molecular complexity index is 661. The number of benzene rings is 1. The molecular formula is C14H13F3N2O3. The van der Waals surface area contributed by atoms with Crippen molar-refractivity contribution in [3.8, 4) is 0 Å². The Balaban J connectivity index is 2.14. The van der Waals surface area contributed by atoms with Crippen molar-refractivity contribution in [1.29, 1.82) is 0 Å². The quantitative estimate of drug-likeness (QED) is 0.476. The van der Waals surface area contributed by atoms with E-state index in [1.54, 1.807) is 0 Å². The first-order chi connectivity index (χ1) is 10.4. The van der Waals surface area contributed by atoms with Crippen LogP contribution in [-0.2, 0) is 4.84 Å². The fourth-order valence-electron chi connectivity index (χ4n) is 3.17. The number of nitro groups is 1. The Morgan fingerprint density at radius 2 is 1.86 bits per heavy atom. The number of hydrogen-bond donors (Lipinski definition) is 0. The van der Waals surface area contributed by atoms with Gasteiger partial charge in [0.15, 0.2) is 5.82 Å². The molecule has 1 heterocycles. The van der Waals surface area contributed by atoms with Gasteiger partial charge in [0.25, 0.3) is 0 Å². The van der Waals surface area contributed by atoms with Crippen molar-refractivity contribution >= 4 is 11.4 Å². The number of nitrogens with zero attached hydrogens (tertiary/aromatic N) is 2. The monoisotopic (exact) mass is 314 g/mol. The van der Waals surface area contributed by atoms with Gasteiger partial charge >= 0.3 is 5.69 Å². The fraction of sp³-hybridized carbons (Fsp3) is 0.500. The van der Waals surface area contributed by atoms with Crippen LogP contribution in [0.4, 0.5) is 18.9 Å². The zero-order chi connectivity index (χ0) is 16.0. The van der Waals surface area contributed by atoms with Crippen molar-refractivity contribution < 1.29 is 22.9 Å². The minimum absolute atomic E-state index is 0.0107. The lowest BCUT2D eigenvalue weighted by atomic mass is 9.81. The Morgan fingerprint density at radius 3 is 2.55 bits per heavy atom. The second kappa shape index (κ2) is 5.26. The number of fused-ring (bicyclic) bond motifs is 1. The molecule has 1 aromatic rings. The van der Waals surface area contributed by atoms with E-state index in [1.807, 2.05) is 0 Å². The summed E-state index contributed by atoms with van der Waals surface area (Å²) >= 11 is 0. The fourth-order valence-corrected chi connectivity index (χ4v) is 3.17. The van der Waals surface area contributed by atoms with Crippen LogP contribution in [0, 0.1) is 40.4 Å². The smallest absolute Gasteiger partial charge is 0.313 e. The van der Waals surface area contributed by atoms with Crippen LogP contribution in [0.15, 0.2) is 5.16 Å². The summed E-state index contributed by atoms with van der Waals surface area (Å²) in [5.74, 6) is -4.71. The highest BCUT2D eigenvalue weighted by Crippen LogP contribution is 2.38. The zero-order valence-corrected chi connectivity index (χ0v) is 11.7. The number of halogens is 3. The highest BCUT2D eigenvalue weighted by Gasteiger charge is 2.41. The number of nitro benzene ring substituents is 1. The molecule has 0 bridgehead atoms. The van der Waals surface area contributed by atoms with Gasteiger partial charge < -0.3 is 4.84 Å². The van der Waals surface area contributed by atoms with E-state index in [9.17, 15) is 23.3 Å². The van der Waals surface area contributed by atoms with Gasteiger partial charge in [-0.3, -0.25) is 10.1 Å². The predicted molar refractivity (Wildman–Crippen MR) is 71.1 cm³/mol. The Morgan fingerprint density at radius 1 is 1.18 bits per heavy atom. The second-order valence-electron chi connectivity index (χ2n) is 5.56. The SMILES string of the molecule is Cc1c(F)c(C2=NOC3CCCCC23)c(F)c(F)c1[N+](=O)[O-]. The normalized spacial score (nSPS) is 23.7. The summed E-state index contributed by atoms with van der Waals surface area (Å²) in [5.41, 5.74) is -2.36. The van der Waals surface area contributed by atoms with Gasteiger partial charge in [-0.05, 0) is 26.2 Å². The molecule has 1 aromatic carbocycles. The standard InChI is InChI=1S/C14H13F3N2O3/c1-6-10(15)9(11(16)12(17)14(6)19(20)21)13-7-4-2-3-5-8(7)22-18-13/h7-8H,2-5H2,1H3. The summed E-state index contributed by atoms with van der Waals surface area (Å²) in [6.07, 6.45) is 2.89. The summed E-state index contributed by atoms with van der Waals surface area (Å²) in [5, 5.41) is 14.5. The maximum atomic E-state index is 14.4. The molecule has 0 saturated heterocycles. The van der Waals surface area contributed by atoms with Gasteiger partial charge in [-0.25, -0.2) is 8.78 Å². The topological polar surface area (TPSA) is 64.7 Å². The van der Waals surface area contributed by atoms with Crippen LogP contribution in [0.3, 0.4) is 0 Å². The van der Waals surface area contributed by atoms with Crippen LogP contribution in [0.1, 0.15) is 36.8 Å². The molecule has 1 fully saturated rings. The molecule has 8 heteroatoms. The van der Waals surface area contributed by atoms with E-state index in [2.05, 4.69) is 5.16 Å².